The third kappa shape index (κ3) is 4.09. The summed E-state index contributed by atoms with van der Waals surface area (Å²) in [5.74, 6) is -0.823. The molecule has 150 valence electrons. The Morgan fingerprint density at radius 2 is 1.76 bits per heavy atom. The number of hydrogen-bond acceptors (Lipinski definition) is 3. The zero-order chi connectivity index (χ0) is 21.3. The fourth-order valence-electron chi connectivity index (χ4n) is 3.23. The van der Waals surface area contributed by atoms with Crippen LogP contribution in [0.25, 0.3) is 6.08 Å². The average molecular weight is 430 g/mol. The fraction of sp³-hybridized carbons (Fsp3) is 0.217. The maximum Gasteiger partial charge on any atom is 0.340 e. The van der Waals surface area contributed by atoms with Gasteiger partial charge in [0.15, 0.2) is 0 Å². The second-order valence-electron chi connectivity index (χ2n) is 6.82. The topological polar surface area (TPSA) is 46.6 Å². The molecule has 0 unspecified atom stereocenters. The Morgan fingerprint density at radius 1 is 1.03 bits per heavy atom. The first-order valence-corrected chi connectivity index (χ1v) is 9.97. The molecular weight excluding hydrogens is 409 g/mol. The Bertz CT molecular complexity index is 1070. The number of allylic oxidation sites excluding steroid dienone is 1. The van der Waals surface area contributed by atoms with Crippen LogP contribution in [0.5, 0.6) is 0 Å². The number of benzene rings is 2. The zero-order valence-electron chi connectivity index (χ0n) is 16.7. The van der Waals surface area contributed by atoms with Crippen molar-refractivity contribution in [3.8, 4) is 0 Å². The minimum Gasteiger partial charge on any atom is -0.462 e. The summed E-state index contributed by atoms with van der Waals surface area (Å²) in [6, 6.07) is 10.8. The zero-order valence-corrected chi connectivity index (χ0v) is 18.2. The van der Waals surface area contributed by atoms with Crippen LogP contribution in [0.2, 0.25) is 10.0 Å². The van der Waals surface area contributed by atoms with Crippen molar-refractivity contribution in [3.63, 3.8) is 0 Å². The molecule has 1 amide bonds. The van der Waals surface area contributed by atoms with Crippen molar-refractivity contribution >= 4 is 46.8 Å². The summed E-state index contributed by atoms with van der Waals surface area (Å²) in [6.45, 7) is 7.68. The van der Waals surface area contributed by atoms with Crippen LogP contribution in [0.15, 0.2) is 53.2 Å². The number of esters is 1. The maximum absolute atomic E-state index is 13.3. The second kappa shape index (κ2) is 8.44. The molecule has 0 aromatic heterocycles. The molecular formula is C23H21Cl2NO3. The van der Waals surface area contributed by atoms with Crippen molar-refractivity contribution in [3.05, 3.63) is 80.0 Å². The Hall–Kier alpha value is -2.56. The third-order valence-electron chi connectivity index (χ3n) is 4.88. The molecule has 0 radical (unpaired) electrons. The molecule has 0 spiro atoms. The molecule has 0 N–H and O–H groups in total. The molecule has 6 heteroatoms. The molecule has 29 heavy (non-hydrogen) atoms. The van der Waals surface area contributed by atoms with Gasteiger partial charge in [0, 0.05) is 11.4 Å². The first kappa shape index (κ1) is 21.2. The molecule has 1 aliphatic rings. The highest BCUT2D eigenvalue weighted by Gasteiger charge is 2.38. The lowest BCUT2D eigenvalue weighted by Crippen LogP contribution is -2.24. The minimum atomic E-state index is -0.531. The minimum absolute atomic E-state index is 0.216. The van der Waals surface area contributed by atoms with Crippen LogP contribution >= 0.6 is 23.2 Å². The summed E-state index contributed by atoms with van der Waals surface area (Å²) in [6.07, 6.45) is 1.64. The Morgan fingerprint density at radius 3 is 2.38 bits per heavy atom. The van der Waals surface area contributed by atoms with E-state index >= 15 is 0 Å². The molecule has 0 aliphatic carbocycles. The van der Waals surface area contributed by atoms with E-state index in [-0.39, 0.29) is 23.7 Å². The number of carbonyl (C=O) groups is 2. The van der Waals surface area contributed by atoms with Gasteiger partial charge in [-0.25, -0.2) is 4.79 Å². The average Bonchev–Trinajstić information content (AvgIpc) is 2.91. The van der Waals surface area contributed by atoms with Crippen molar-refractivity contribution in [1.82, 2.24) is 0 Å². The van der Waals surface area contributed by atoms with Crippen molar-refractivity contribution in [2.75, 3.05) is 11.5 Å². The van der Waals surface area contributed by atoms with Gasteiger partial charge in [0.2, 0.25) is 0 Å². The number of hydrogen-bond donors (Lipinski definition) is 0. The van der Waals surface area contributed by atoms with Gasteiger partial charge < -0.3 is 4.74 Å². The van der Waals surface area contributed by atoms with Gasteiger partial charge in [0.25, 0.3) is 5.91 Å². The number of aryl methyl sites for hydroxylation is 2. The Labute approximate surface area is 180 Å². The van der Waals surface area contributed by atoms with E-state index in [0.29, 0.717) is 27.0 Å². The molecule has 2 aromatic carbocycles. The molecule has 0 atom stereocenters. The van der Waals surface area contributed by atoms with Crippen LogP contribution in [-0.2, 0) is 14.3 Å². The van der Waals surface area contributed by atoms with E-state index in [1.54, 1.807) is 43.0 Å². The van der Waals surface area contributed by atoms with Gasteiger partial charge in [0.1, 0.15) is 0 Å². The Balaban J connectivity index is 2.15. The molecule has 0 saturated heterocycles. The van der Waals surface area contributed by atoms with Crippen LogP contribution < -0.4 is 4.90 Å². The molecule has 0 fully saturated rings. The van der Waals surface area contributed by atoms with E-state index in [2.05, 4.69) is 0 Å². The highest BCUT2D eigenvalue weighted by Crippen LogP contribution is 2.36. The van der Waals surface area contributed by atoms with Crippen molar-refractivity contribution in [1.29, 1.82) is 0 Å². The predicted octanol–water partition coefficient (Wildman–Crippen LogP) is 5.88. The standard InChI is InChI=1S/C23H21Cl2NO3/c1-5-29-23(28)21-15(4)26(17-8-6-13(2)14(3)10-17)22(27)18(21)11-16-7-9-19(24)20(25)12-16/h6-12H,5H2,1-4H3. The number of anilines is 1. The van der Waals surface area contributed by atoms with Gasteiger partial charge in [-0.1, -0.05) is 35.3 Å². The van der Waals surface area contributed by atoms with Crippen LogP contribution in [0.1, 0.15) is 30.5 Å². The van der Waals surface area contributed by atoms with E-state index in [4.69, 9.17) is 27.9 Å². The summed E-state index contributed by atoms with van der Waals surface area (Å²) in [4.78, 5) is 27.6. The molecule has 1 heterocycles. The number of halogens is 2. The Kier molecular flexibility index (Phi) is 6.15. The smallest absolute Gasteiger partial charge is 0.340 e. The molecule has 1 aliphatic heterocycles. The highest BCUT2D eigenvalue weighted by molar-refractivity contribution is 6.42. The van der Waals surface area contributed by atoms with Gasteiger partial charge in [0.05, 0.1) is 27.8 Å². The monoisotopic (exact) mass is 429 g/mol. The maximum atomic E-state index is 13.3. The van der Waals surface area contributed by atoms with Crippen molar-refractivity contribution in [2.45, 2.75) is 27.7 Å². The first-order valence-electron chi connectivity index (χ1n) is 9.21. The summed E-state index contributed by atoms with van der Waals surface area (Å²) >= 11 is 12.1. The van der Waals surface area contributed by atoms with E-state index < -0.39 is 5.97 Å². The largest absolute Gasteiger partial charge is 0.462 e. The molecule has 0 bridgehead atoms. The van der Waals surface area contributed by atoms with Gasteiger partial charge in [-0.3, -0.25) is 9.69 Å². The van der Waals surface area contributed by atoms with E-state index in [1.807, 2.05) is 32.0 Å². The first-order chi connectivity index (χ1) is 13.7. The number of amides is 1. The van der Waals surface area contributed by atoms with Gasteiger partial charge in [-0.05, 0) is 74.7 Å². The molecule has 3 rings (SSSR count). The number of nitrogens with zero attached hydrogens (tertiary/aromatic N) is 1. The lowest BCUT2D eigenvalue weighted by atomic mass is 10.0. The van der Waals surface area contributed by atoms with Crippen LogP contribution in [0.3, 0.4) is 0 Å². The van der Waals surface area contributed by atoms with Crippen molar-refractivity contribution in [2.24, 2.45) is 0 Å². The van der Waals surface area contributed by atoms with Gasteiger partial charge in [-0.2, -0.15) is 0 Å². The van der Waals surface area contributed by atoms with E-state index in [0.717, 1.165) is 11.1 Å². The predicted molar refractivity (Wildman–Crippen MR) is 117 cm³/mol. The van der Waals surface area contributed by atoms with Gasteiger partial charge in [-0.15, -0.1) is 0 Å². The second-order valence-corrected chi connectivity index (χ2v) is 7.64. The van der Waals surface area contributed by atoms with E-state index in [1.165, 1.54) is 0 Å². The number of carbonyl (C=O) groups excluding carboxylic acids is 2. The molecule has 4 nitrogen and oxygen atoms in total. The van der Waals surface area contributed by atoms with Crippen LogP contribution in [0, 0.1) is 13.8 Å². The normalized spacial score (nSPS) is 15.4. The lowest BCUT2D eigenvalue weighted by Gasteiger charge is -2.19. The summed E-state index contributed by atoms with van der Waals surface area (Å²) in [5, 5.41) is 0.788. The summed E-state index contributed by atoms with van der Waals surface area (Å²) < 4.78 is 5.22. The molecule has 2 aromatic rings. The SMILES string of the molecule is CCOC(=O)C1=C(C)N(c2ccc(C)c(C)c2)C(=O)C1=Cc1ccc(Cl)c(Cl)c1. The number of ether oxygens (including phenoxy) is 1. The third-order valence-corrected chi connectivity index (χ3v) is 5.62. The fourth-order valence-corrected chi connectivity index (χ4v) is 3.53. The highest BCUT2D eigenvalue weighted by atomic mass is 35.5. The number of rotatable bonds is 4. The summed E-state index contributed by atoms with van der Waals surface area (Å²) in [5.41, 5.74) is 4.60. The van der Waals surface area contributed by atoms with Crippen LogP contribution in [-0.4, -0.2) is 18.5 Å². The van der Waals surface area contributed by atoms with Crippen molar-refractivity contribution < 1.29 is 14.3 Å². The summed E-state index contributed by atoms with van der Waals surface area (Å²) in [7, 11) is 0. The lowest BCUT2D eigenvalue weighted by molar-refractivity contribution is -0.138. The van der Waals surface area contributed by atoms with Gasteiger partial charge >= 0.3 is 5.97 Å². The quantitative estimate of drug-likeness (QED) is 0.450. The van der Waals surface area contributed by atoms with Crippen LogP contribution in [0.4, 0.5) is 5.69 Å². The molecule has 0 saturated carbocycles. The van der Waals surface area contributed by atoms with E-state index in [9.17, 15) is 9.59 Å².